The minimum absolute atomic E-state index is 0.366. The van der Waals surface area contributed by atoms with Crippen LogP contribution in [0.15, 0.2) is 6.33 Å². The van der Waals surface area contributed by atoms with Gasteiger partial charge in [-0.15, -0.1) is 0 Å². The first-order valence-electron chi connectivity index (χ1n) is 4.57. The summed E-state index contributed by atoms with van der Waals surface area (Å²) in [6, 6.07) is 0. The van der Waals surface area contributed by atoms with Crippen molar-refractivity contribution in [1.29, 1.82) is 0 Å². The van der Waals surface area contributed by atoms with Crippen LogP contribution in [0.25, 0.3) is 0 Å². The lowest BCUT2D eigenvalue weighted by Gasteiger charge is -2.30. The fourth-order valence-corrected chi connectivity index (χ4v) is 2.08. The molecule has 0 bridgehead atoms. The standard InChI is InChI=1S/C10H13ClN2/c1-10(2)4-3-7-8(5-10)12-6-13-9(7)11/h6H,3-5H2,1-2H3. The van der Waals surface area contributed by atoms with Crippen molar-refractivity contribution in [2.45, 2.75) is 33.1 Å². The summed E-state index contributed by atoms with van der Waals surface area (Å²) in [4.78, 5) is 8.27. The Hall–Kier alpha value is -0.630. The van der Waals surface area contributed by atoms with Crippen LogP contribution in [0.3, 0.4) is 0 Å². The SMILES string of the molecule is CC1(C)CCc2c(Cl)ncnc2C1. The van der Waals surface area contributed by atoms with Crippen LogP contribution >= 0.6 is 11.6 Å². The molecule has 1 aliphatic carbocycles. The quantitative estimate of drug-likeness (QED) is 0.597. The van der Waals surface area contributed by atoms with Crippen molar-refractivity contribution in [3.8, 4) is 0 Å². The van der Waals surface area contributed by atoms with Gasteiger partial charge < -0.3 is 0 Å². The Morgan fingerprint density at radius 2 is 2.15 bits per heavy atom. The highest BCUT2D eigenvalue weighted by Crippen LogP contribution is 2.35. The van der Waals surface area contributed by atoms with Crippen molar-refractivity contribution in [2.75, 3.05) is 0 Å². The van der Waals surface area contributed by atoms with Crippen LogP contribution < -0.4 is 0 Å². The van der Waals surface area contributed by atoms with Crippen molar-refractivity contribution in [2.24, 2.45) is 5.41 Å². The first-order valence-corrected chi connectivity index (χ1v) is 4.94. The Kier molecular flexibility index (Phi) is 2.03. The Morgan fingerprint density at radius 1 is 1.38 bits per heavy atom. The third kappa shape index (κ3) is 1.68. The molecule has 0 radical (unpaired) electrons. The van der Waals surface area contributed by atoms with Gasteiger partial charge in [-0.3, -0.25) is 0 Å². The van der Waals surface area contributed by atoms with E-state index in [-0.39, 0.29) is 0 Å². The molecule has 1 aromatic rings. The summed E-state index contributed by atoms with van der Waals surface area (Å²) in [5.41, 5.74) is 2.66. The van der Waals surface area contributed by atoms with Gasteiger partial charge in [0, 0.05) is 11.3 Å². The summed E-state index contributed by atoms with van der Waals surface area (Å²) >= 11 is 5.98. The van der Waals surface area contributed by atoms with Crippen LogP contribution in [0.4, 0.5) is 0 Å². The molecule has 0 aromatic carbocycles. The molecule has 1 heterocycles. The van der Waals surface area contributed by atoms with Crippen LogP contribution in [0, 0.1) is 5.41 Å². The Labute approximate surface area is 83.4 Å². The van der Waals surface area contributed by atoms with E-state index < -0.39 is 0 Å². The first-order chi connectivity index (χ1) is 6.08. The molecule has 0 saturated carbocycles. The maximum atomic E-state index is 5.98. The molecule has 2 rings (SSSR count). The van der Waals surface area contributed by atoms with Gasteiger partial charge in [0.25, 0.3) is 0 Å². The van der Waals surface area contributed by atoms with Gasteiger partial charge >= 0.3 is 0 Å². The Bertz CT molecular complexity index is 334. The topological polar surface area (TPSA) is 25.8 Å². The minimum atomic E-state index is 0.366. The second-order valence-electron chi connectivity index (χ2n) is 4.43. The monoisotopic (exact) mass is 196 g/mol. The molecule has 1 aliphatic rings. The maximum absolute atomic E-state index is 5.98. The molecule has 0 amide bonds. The molecule has 0 unspecified atom stereocenters. The summed E-state index contributed by atoms with van der Waals surface area (Å²) in [7, 11) is 0. The third-order valence-corrected chi connectivity index (χ3v) is 3.01. The number of halogens is 1. The van der Waals surface area contributed by atoms with Gasteiger partial charge in [0.05, 0.1) is 0 Å². The minimum Gasteiger partial charge on any atom is -0.241 e. The van der Waals surface area contributed by atoms with Gasteiger partial charge in [0.1, 0.15) is 11.5 Å². The average Bonchev–Trinajstić information content (AvgIpc) is 2.02. The maximum Gasteiger partial charge on any atom is 0.135 e. The van der Waals surface area contributed by atoms with Crippen molar-refractivity contribution in [3.05, 3.63) is 22.7 Å². The summed E-state index contributed by atoms with van der Waals surface area (Å²) < 4.78 is 0. The molecule has 0 saturated heterocycles. The fourth-order valence-electron chi connectivity index (χ4n) is 1.83. The van der Waals surface area contributed by atoms with E-state index in [0.29, 0.717) is 10.6 Å². The number of hydrogen-bond acceptors (Lipinski definition) is 2. The van der Waals surface area contributed by atoms with E-state index >= 15 is 0 Å². The van der Waals surface area contributed by atoms with Crippen LogP contribution in [-0.4, -0.2) is 9.97 Å². The molecule has 0 fully saturated rings. The highest BCUT2D eigenvalue weighted by atomic mass is 35.5. The van der Waals surface area contributed by atoms with Crippen LogP contribution in [-0.2, 0) is 12.8 Å². The van der Waals surface area contributed by atoms with E-state index in [4.69, 9.17) is 11.6 Å². The van der Waals surface area contributed by atoms with E-state index in [1.807, 2.05) is 0 Å². The van der Waals surface area contributed by atoms with Crippen molar-refractivity contribution in [1.82, 2.24) is 9.97 Å². The highest BCUT2D eigenvalue weighted by molar-refractivity contribution is 6.30. The van der Waals surface area contributed by atoms with Gasteiger partial charge in [-0.25, -0.2) is 9.97 Å². The molecule has 2 nitrogen and oxygen atoms in total. The second kappa shape index (κ2) is 2.95. The van der Waals surface area contributed by atoms with E-state index in [1.165, 1.54) is 6.42 Å². The Balaban J connectivity index is 2.42. The highest BCUT2D eigenvalue weighted by Gasteiger charge is 2.27. The summed E-state index contributed by atoms with van der Waals surface area (Å²) in [6.07, 6.45) is 4.77. The van der Waals surface area contributed by atoms with Crippen molar-refractivity contribution in [3.63, 3.8) is 0 Å². The first kappa shape index (κ1) is 8.95. The summed E-state index contributed by atoms with van der Waals surface area (Å²) in [6.45, 7) is 4.54. The molecule has 1 aromatic heterocycles. The molecular formula is C10H13ClN2. The molecule has 13 heavy (non-hydrogen) atoms. The molecule has 3 heteroatoms. The summed E-state index contributed by atoms with van der Waals surface area (Å²) in [5, 5.41) is 0.639. The van der Waals surface area contributed by atoms with Gasteiger partial charge in [0.15, 0.2) is 0 Å². The van der Waals surface area contributed by atoms with Crippen molar-refractivity contribution >= 4 is 11.6 Å². The molecule has 0 N–H and O–H groups in total. The number of nitrogens with zero attached hydrogens (tertiary/aromatic N) is 2. The number of fused-ring (bicyclic) bond motifs is 1. The van der Waals surface area contributed by atoms with E-state index in [0.717, 1.165) is 24.1 Å². The zero-order chi connectivity index (χ0) is 9.47. The van der Waals surface area contributed by atoms with Crippen LogP contribution in [0.2, 0.25) is 5.15 Å². The third-order valence-electron chi connectivity index (χ3n) is 2.68. The number of rotatable bonds is 0. The van der Waals surface area contributed by atoms with Crippen molar-refractivity contribution < 1.29 is 0 Å². The summed E-state index contributed by atoms with van der Waals surface area (Å²) in [5.74, 6) is 0. The van der Waals surface area contributed by atoms with Crippen LogP contribution in [0.5, 0.6) is 0 Å². The largest absolute Gasteiger partial charge is 0.241 e. The zero-order valence-electron chi connectivity index (χ0n) is 7.97. The molecule has 0 aliphatic heterocycles. The average molecular weight is 197 g/mol. The number of aromatic nitrogens is 2. The predicted octanol–water partition coefficient (Wildman–Crippen LogP) is 2.64. The van der Waals surface area contributed by atoms with E-state index in [2.05, 4.69) is 23.8 Å². The molecular weight excluding hydrogens is 184 g/mol. The predicted molar refractivity (Wildman–Crippen MR) is 52.8 cm³/mol. The second-order valence-corrected chi connectivity index (χ2v) is 4.79. The fraction of sp³-hybridized carbons (Fsp3) is 0.600. The van der Waals surface area contributed by atoms with Gasteiger partial charge in [-0.1, -0.05) is 25.4 Å². The lowest BCUT2D eigenvalue weighted by atomic mass is 9.77. The van der Waals surface area contributed by atoms with E-state index in [9.17, 15) is 0 Å². The zero-order valence-corrected chi connectivity index (χ0v) is 8.73. The van der Waals surface area contributed by atoms with Gasteiger partial charge in [-0.05, 0) is 24.7 Å². The lowest BCUT2D eigenvalue weighted by molar-refractivity contribution is 0.310. The smallest absolute Gasteiger partial charge is 0.135 e. The van der Waals surface area contributed by atoms with E-state index in [1.54, 1.807) is 6.33 Å². The van der Waals surface area contributed by atoms with Gasteiger partial charge in [0.2, 0.25) is 0 Å². The number of hydrogen-bond donors (Lipinski definition) is 0. The molecule has 70 valence electrons. The Morgan fingerprint density at radius 3 is 2.92 bits per heavy atom. The molecule has 0 spiro atoms. The normalized spacial score (nSPS) is 19.6. The van der Waals surface area contributed by atoms with Crippen LogP contribution in [0.1, 0.15) is 31.5 Å². The lowest BCUT2D eigenvalue weighted by Crippen LogP contribution is -2.23. The van der Waals surface area contributed by atoms with Gasteiger partial charge in [-0.2, -0.15) is 0 Å². The molecule has 0 atom stereocenters.